The summed E-state index contributed by atoms with van der Waals surface area (Å²) in [6.45, 7) is 5.69. The van der Waals surface area contributed by atoms with Gasteiger partial charge in [0.05, 0.1) is 5.92 Å². The molecule has 1 saturated carbocycles. The molecule has 0 radical (unpaired) electrons. The van der Waals surface area contributed by atoms with Crippen LogP contribution in [0.15, 0.2) is 12.7 Å². The van der Waals surface area contributed by atoms with Gasteiger partial charge in [-0.05, 0) is 39.0 Å². The maximum absolute atomic E-state index is 12.4. The van der Waals surface area contributed by atoms with Gasteiger partial charge in [-0.1, -0.05) is 6.08 Å². The van der Waals surface area contributed by atoms with E-state index in [1.165, 1.54) is 0 Å². The van der Waals surface area contributed by atoms with Crippen LogP contribution < -0.4 is 5.32 Å². The lowest BCUT2D eigenvalue weighted by molar-refractivity contribution is -0.182. The van der Waals surface area contributed by atoms with Gasteiger partial charge in [-0.25, -0.2) is 0 Å². The Morgan fingerprint density at radius 1 is 1.31 bits per heavy atom. The normalized spacial score (nSPS) is 28.8. The molecule has 1 nitrogen and oxygen atoms in total. The lowest BCUT2D eigenvalue weighted by Gasteiger charge is -2.32. The standard InChI is InChI=1S/C12H20F3N/c1-3-4-9(2)16-11-7-5-10(6-8-11)12(13,14)15/h3,9-11,16H,1,4-8H2,2H3. The molecule has 1 unspecified atom stereocenters. The molecule has 0 aromatic heterocycles. The van der Waals surface area contributed by atoms with Crippen molar-refractivity contribution in [2.45, 2.75) is 57.3 Å². The Kier molecular flexibility index (Phi) is 4.84. The molecule has 0 aliphatic heterocycles. The van der Waals surface area contributed by atoms with E-state index in [1.54, 1.807) is 0 Å². The van der Waals surface area contributed by atoms with Crippen molar-refractivity contribution < 1.29 is 13.2 Å². The molecule has 0 amide bonds. The SMILES string of the molecule is C=CCC(C)NC1CCC(C(F)(F)F)CC1. The predicted octanol–water partition coefficient (Wildman–Crippen LogP) is 3.66. The first-order valence-corrected chi connectivity index (χ1v) is 5.87. The third-order valence-corrected chi connectivity index (χ3v) is 3.23. The first-order valence-electron chi connectivity index (χ1n) is 5.87. The molecule has 0 heterocycles. The largest absolute Gasteiger partial charge is 0.391 e. The number of hydrogen-bond donors (Lipinski definition) is 1. The molecule has 0 bridgehead atoms. The topological polar surface area (TPSA) is 12.0 Å². The van der Waals surface area contributed by atoms with Crippen molar-refractivity contribution in [1.82, 2.24) is 5.32 Å². The zero-order valence-electron chi connectivity index (χ0n) is 9.69. The second-order valence-corrected chi connectivity index (χ2v) is 4.68. The molecule has 1 aliphatic rings. The summed E-state index contributed by atoms with van der Waals surface area (Å²) in [6.07, 6.45) is 0.483. The quantitative estimate of drug-likeness (QED) is 0.733. The van der Waals surface area contributed by atoms with Crippen LogP contribution in [-0.2, 0) is 0 Å². The summed E-state index contributed by atoms with van der Waals surface area (Å²) in [5.41, 5.74) is 0. The third-order valence-electron chi connectivity index (χ3n) is 3.23. The van der Waals surface area contributed by atoms with Crippen molar-refractivity contribution in [2.75, 3.05) is 0 Å². The molecule has 1 N–H and O–H groups in total. The highest BCUT2D eigenvalue weighted by Gasteiger charge is 2.41. The Balaban J connectivity index is 2.29. The minimum absolute atomic E-state index is 0.244. The Morgan fingerprint density at radius 3 is 2.31 bits per heavy atom. The highest BCUT2D eigenvalue weighted by Crippen LogP contribution is 2.37. The lowest BCUT2D eigenvalue weighted by Crippen LogP contribution is -2.40. The third kappa shape index (κ3) is 4.16. The van der Waals surface area contributed by atoms with E-state index in [1.807, 2.05) is 13.0 Å². The van der Waals surface area contributed by atoms with Crippen LogP contribution in [0.2, 0.25) is 0 Å². The van der Waals surface area contributed by atoms with Gasteiger partial charge in [0.1, 0.15) is 0 Å². The molecule has 1 aliphatic carbocycles. The molecule has 1 rings (SSSR count). The Bertz CT molecular complexity index is 217. The fraction of sp³-hybridized carbons (Fsp3) is 0.833. The van der Waals surface area contributed by atoms with Crippen LogP contribution in [0, 0.1) is 5.92 Å². The smallest absolute Gasteiger partial charge is 0.311 e. The maximum atomic E-state index is 12.4. The molecule has 1 fully saturated rings. The monoisotopic (exact) mass is 235 g/mol. The fourth-order valence-electron chi connectivity index (χ4n) is 2.31. The van der Waals surface area contributed by atoms with Crippen molar-refractivity contribution in [2.24, 2.45) is 5.92 Å². The number of halogens is 3. The average molecular weight is 235 g/mol. The molecular formula is C12H20F3N. The zero-order valence-corrected chi connectivity index (χ0v) is 9.69. The first-order chi connectivity index (χ1) is 7.43. The van der Waals surface area contributed by atoms with E-state index in [4.69, 9.17) is 0 Å². The number of alkyl halides is 3. The zero-order chi connectivity index (χ0) is 12.2. The van der Waals surface area contributed by atoms with Crippen LogP contribution in [0.5, 0.6) is 0 Å². The van der Waals surface area contributed by atoms with Gasteiger partial charge in [-0.15, -0.1) is 6.58 Å². The van der Waals surface area contributed by atoms with Crippen molar-refractivity contribution in [3.05, 3.63) is 12.7 Å². The van der Waals surface area contributed by atoms with E-state index >= 15 is 0 Å². The summed E-state index contributed by atoms with van der Waals surface area (Å²) in [7, 11) is 0. The molecule has 94 valence electrons. The molecule has 4 heteroatoms. The number of nitrogens with one attached hydrogen (secondary N) is 1. The molecular weight excluding hydrogens is 215 g/mol. The van der Waals surface area contributed by atoms with E-state index in [0.717, 1.165) is 6.42 Å². The molecule has 0 aromatic rings. The van der Waals surface area contributed by atoms with E-state index in [-0.39, 0.29) is 18.9 Å². The summed E-state index contributed by atoms with van der Waals surface area (Å²) in [6, 6.07) is 0.554. The lowest BCUT2D eigenvalue weighted by atomic mass is 9.85. The van der Waals surface area contributed by atoms with E-state index in [9.17, 15) is 13.2 Å². The van der Waals surface area contributed by atoms with Crippen LogP contribution in [0.4, 0.5) is 13.2 Å². The van der Waals surface area contributed by atoms with Crippen molar-refractivity contribution in [3.63, 3.8) is 0 Å². The fourth-order valence-corrected chi connectivity index (χ4v) is 2.31. The second kappa shape index (κ2) is 5.71. The molecule has 0 spiro atoms. The van der Waals surface area contributed by atoms with E-state index in [2.05, 4.69) is 11.9 Å². The Labute approximate surface area is 95.1 Å². The van der Waals surface area contributed by atoms with Gasteiger partial charge in [0.25, 0.3) is 0 Å². The summed E-state index contributed by atoms with van der Waals surface area (Å²) < 4.78 is 37.3. The predicted molar refractivity (Wildman–Crippen MR) is 59.2 cm³/mol. The van der Waals surface area contributed by atoms with Gasteiger partial charge in [-0.2, -0.15) is 13.2 Å². The van der Waals surface area contributed by atoms with Crippen LogP contribution in [-0.4, -0.2) is 18.3 Å². The summed E-state index contributed by atoms with van der Waals surface area (Å²) in [5.74, 6) is -1.08. The van der Waals surface area contributed by atoms with Crippen molar-refractivity contribution in [3.8, 4) is 0 Å². The highest BCUT2D eigenvalue weighted by molar-refractivity contribution is 4.84. The van der Waals surface area contributed by atoms with Gasteiger partial charge >= 0.3 is 6.18 Å². The second-order valence-electron chi connectivity index (χ2n) is 4.68. The molecule has 0 aromatic carbocycles. The highest BCUT2D eigenvalue weighted by atomic mass is 19.4. The van der Waals surface area contributed by atoms with Crippen LogP contribution in [0.3, 0.4) is 0 Å². The molecule has 1 atom stereocenters. The number of hydrogen-bond acceptors (Lipinski definition) is 1. The Hall–Kier alpha value is -0.510. The Morgan fingerprint density at radius 2 is 1.88 bits per heavy atom. The van der Waals surface area contributed by atoms with Gasteiger partial charge < -0.3 is 5.32 Å². The first kappa shape index (κ1) is 13.6. The van der Waals surface area contributed by atoms with Gasteiger partial charge in [-0.3, -0.25) is 0 Å². The van der Waals surface area contributed by atoms with Crippen LogP contribution >= 0.6 is 0 Å². The summed E-state index contributed by atoms with van der Waals surface area (Å²) in [4.78, 5) is 0. The molecule has 16 heavy (non-hydrogen) atoms. The van der Waals surface area contributed by atoms with E-state index in [0.29, 0.717) is 18.9 Å². The van der Waals surface area contributed by atoms with Crippen LogP contribution in [0.25, 0.3) is 0 Å². The minimum atomic E-state index is -4.00. The summed E-state index contributed by atoms with van der Waals surface area (Å²) in [5, 5.41) is 3.35. The average Bonchev–Trinajstić information content (AvgIpc) is 2.17. The number of rotatable bonds is 4. The minimum Gasteiger partial charge on any atom is -0.311 e. The van der Waals surface area contributed by atoms with E-state index < -0.39 is 12.1 Å². The van der Waals surface area contributed by atoms with Gasteiger partial charge in [0.15, 0.2) is 0 Å². The van der Waals surface area contributed by atoms with Crippen molar-refractivity contribution >= 4 is 0 Å². The molecule has 0 saturated heterocycles. The van der Waals surface area contributed by atoms with Crippen LogP contribution in [0.1, 0.15) is 39.0 Å². The van der Waals surface area contributed by atoms with Crippen molar-refractivity contribution in [1.29, 1.82) is 0 Å². The maximum Gasteiger partial charge on any atom is 0.391 e. The van der Waals surface area contributed by atoms with Gasteiger partial charge in [0, 0.05) is 12.1 Å². The van der Waals surface area contributed by atoms with Gasteiger partial charge in [0.2, 0.25) is 0 Å². The summed E-state index contributed by atoms with van der Waals surface area (Å²) >= 11 is 0.